The van der Waals surface area contributed by atoms with Gasteiger partial charge >= 0.3 is 0 Å². The molecule has 0 aliphatic carbocycles. The van der Waals surface area contributed by atoms with E-state index in [1.165, 1.54) is 30.4 Å². The van der Waals surface area contributed by atoms with Crippen LogP contribution in [0.4, 0.5) is 0 Å². The quantitative estimate of drug-likeness (QED) is 0.384. The van der Waals surface area contributed by atoms with E-state index in [0.717, 1.165) is 49.7 Å². The molecule has 22 heavy (non-hydrogen) atoms. The molecule has 0 aliphatic rings. The van der Waals surface area contributed by atoms with Crippen LogP contribution in [0.3, 0.4) is 0 Å². The molecule has 0 spiro atoms. The number of benzene rings is 1. The molecule has 1 amide bonds. The van der Waals surface area contributed by atoms with Crippen molar-refractivity contribution in [3.05, 3.63) is 34.4 Å². The molecule has 0 bridgehead atoms. The minimum absolute atomic E-state index is 0.161. The van der Waals surface area contributed by atoms with Crippen molar-refractivity contribution in [3.8, 4) is 0 Å². The lowest BCUT2D eigenvalue weighted by atomic mass is 9.90. The molecule has 1 aromatic rings. The molecule has 3 heteroatoms. The summed E-state index contributed by atoms with van der Waals surface area (Å²) < 4.78 is 0. The van der Waals surface area contributed by atoms with E-state index < -0.39 is 0 Å². The molecule has 0 saturated heterocycles. The molecular weight excluding hydrogens is 272 g/mol. The number of unbranched alkanes of at least 4 members (excludes halogenated alkanes) is 3. The molecule has 3 N–H and O–H groups in total. The molecule has 0 heterocycles. The fraction of sp³-hybridized carbons (Fsp3) is 0.632. The summed E-state index contributed by atoms with van der Waals surface area (Å²) in [4.78, 5) is 12.1. The number of hydrogen-bond donors (Lipinski definition) is 2. The van der Waals surface area contributed by atoms with Gasteiger partial charge in [0.2, 0.25) is 0 Å². The number of rotatable bonds is 10. The lowest BCUT2D eigenvalue weighted by Crippen LogP contribution is -2.31. The van der Waals surface area contributed by atoms with Crippen LogP contribution in [0, 0.1) is 0 Å². The maximum Gasteiger partial charge on any atom is 0.265 e. The summed E-state index contributed by atoms with van der Waals surface area (Å²) in [7, 11) is 0. The van der Waals surface area contributed by atoms with Crippen LogP contribution >= 0.6 is 0 Å². The molecule has 0 unspecified atom stereocenters. The first kappa shape index (κ1) is 18.7. The number of aryl methyl sites for hydroxylation is 3. The van der Waals surface area contributed by atoms with Crippen LogP contribution in [0.5, 0.6) is 0 Å². The number of nitrogens with two attached hydrogens (primary N) is 1. The van der Waals surface area contributed by atoms with E-state index in [-0.39, 0.29) is 5.91 Å². The number of hydrazine groups is 1. The Balaban J connectivity index is 3.18. The van der Waals surface area contributed by atoms with Gasteiger partial charge in [0, 0.05) is 5.56 Å². The molecule has 1 rings (SSSR count). The number of nitrogen functional groups attached to an aromatic ring is 1. The van der Waals surface area contributed by atoms with Crippen LogP contribution in [-0.4, -0.2) is 5.91 Å². The van der Waals surface area contributed by atoms with Gasteiger partial charge in [0.15, 0.2) is 0 Å². The Kier molecular flexibility index (Phi) is 8.83. The average Bonchev–Trinajstić information content (AvgIpc) is 2.55. The number of hydrogen-bond acceptors (Lipinski definition) is 2. The Morgan fingerprint density at radius 3 is 1.77 bits per heavy atom. The molecule has 0 atom stereocenters. The second kappa shape index (κ2) is 10.4. The first-order valence-corrected chi connectivity index (χ1v) is 8.83. The first-order chi connectivity index (χ1) is 10.7. The topological polar surface area (TPSA) is 55.1 Å². The monoisotopic (exact) mass is 304 g/mol. The van der Waals surface area contributed by atoms with E-state index in [9.17, 15) is 4.79 Å². The van der Waals surface area contributed by atoms with E-state index >= 15 is 0 Å². The van der Waals surface area contributed by atoms with E-state index in [1.54, 1.807) is 0 Å². The molecule has 0 fully saturated rings. The van der Waals surface area contributed by atoms with Gasteiger partial charge in [-0.2, -0.15) is 0 Å². The van der Waals surface area contributed by atoms with Gasteiger partial charge in [0.25, 0.3) is 5.91 Å². The van der Waals surface area contributed by atoms with Crippen molar-refractivity contribution in [2.45, 2.75) is 78.6 Å². The number of nitrogens with one attached hydrogen (secondary N) is 1. The Morgan fingerprint density at radius 1 is 0.864 bits per heavy atom. The van der Waals surface area contributed by atoms with Crippen LogP contribution in [0.25, 0.3) is 0 Å². The molecule has 0 aliphatic heterocycles. The van der Waals surface area contributed by atoms with E-state index in [1.807, 2.05) is 0 Å². The molecule has 1 aromatic carbocycles. The predicted molar refractivity (Wildman–Crippen MR) is 93.9 cm³/mol. The van der Waals surface area contributed by atoms with Gasteiger partial charge in [0.05, 0.1) is 0 Å². The smallest absolute Gasteiger partial charge is 0.265 e. The highest BCUT2D eigenvalue weighted by Crippen LogP contribution is 2.23. The highest BCUT2D eigenvalue weighted by atomic mass is 16.2. The normalized spacial score (nSPS) is 10.7. The van der Waals surface area contributed by atoms with Gasteiger partial charge < -0.3 is 0 Å². The summed E-state index contributed by atoms with van der Waals surface area (Å²) in [6.45, 7) is 6.60. The van der Waals surface area contributed by atoms with E-state index in [2.05, 4.69) is 38.3 Å². The van der Waals surface area contributed by atoms with Gasteiger partial charge in [-0.3, -0.25) is 10.2 Å². The fourth-order valence-corrected chi connectivity index (χ4v) is 2.80. The average molecular weight is 304 g/mol. The third kappa shape index (κ3) is 5.45. The number of carbonyl (C=O) groups excluding carboxylic acids is 1. The second-order valence-corrected chi connectivity index (χ2v) is 6.06. The Morgan fingerprint density at radius 2 is 1.32 bits per heavy atom. The van der Waals surface area contributed by atoms with Crippen LogP contribution in [-0.2, 0) is 19.3 Å². The lowest BCUT2D eigenvalue weighted by molar-refractivity contribution is 0.0952. The summed E-state index contributed by atoms with van der Waals surface area (Å²) in [5.74, 6) is 5.21. The zero-order valence-corrected chi connectivity index (χ0v) is 14.5. The predicted octanol–water partition coefficient (Wildman–Crippen LogP) is 4.32. The molecular formula is C19H32N2O. The minimum Gasteiger partial charge on any atom is -0.290 e. The van der Waals surface area contributed by atoms with Gasteiger partial charge in [0.1, 0.15) is 0 Å². The standard InChI is InChI=1S/C19H32N2O/c1-4-7-10-15-13-17(12-9-6-3)18(19(22)21-20)14-16(15)11-8-5-2/h13-14H,4-12,20H2,1-3H3,(H,21,22). The van der Waals surface area contributed by atoms with E-state index in [0.29, 0.717) is 0 Å². The van der Waals surface area contributed by atoms with Crippen molar-refractivity contribution in [3.63, 3.8) is 0 Å². The molecule has 0 aromatic heterocycles. The Labute approximate surface area is 135 Å². The van der Waals surface area contributed by atoms with Gasteiger partial charge in [-0.25, -0.2) is 5.84 Å². The third-order valence-electron chi connectivity index (χ3n) is 4.20. The minimum atomic E-state index is -0.161. The van der Waals surface area contributed by atoms with Gasteiger partial charge in [-0.15, -0.1) is 0 Å². The van der Waals surface area contributed by atoms with Crippen LogP contribution in [0.2, 0.25) is 0 Å². The van der Waals surface area contributed by atoms with Crippen molar-refractivity contribution >= 4 is 5.91 Å². The van der Waals surface area contributed by atoms with Gasteiger partial charge in [-0.05, 0) is 61.3 Å². The van der Waals surface area contributed by atoms with Crippen molar-refractivity contribution in [2.75, 3.05) is 0 Å². The highest BCUT2D eigenvalue weighted by molar-refractivity contribution is 5.95. The highest BCUT2D eigenvalue weighted by Gasteiger charge is 2.14. The zero-order valence-electron chi connectivity index (χ0n) is 14.5. The first-order valence-electron chi connectivity index (χ1n) is 8.83. The fourth-order valence-electron chi connectivity index (χ4n) is 2.80. The van der Waals surface area contributed by atoms with Crippen molar-refractivity contribution in [1.29, 1.82) is 0 Å². The van der Waals surface area contributed by atoms with Crippen LogP contribution in [0.15, 0.2) is 12.1 Å². The van der Waals surface area contributed by atoms with Gasteiger partial charge in [-0.1, -0.05) is 46.1 Å². The molecule has 124 valence electrons. The van der Waals surface area contributed by atoms with Crippen LogP contribution in [0.1, 0.15) is 86.3 Å². The summed E-state index contributed by atoms with van der Waals surface area (Å²) in [6.07, 6.45) is 10.1. The summed E-state index contributed by atoms with van der Waals surface area (Å²) in [5.41, 5.74) is 6.97. The number of carbonyl (C=O) groups is 1. The lowest BCUT2D eigenvalue weighted by Gasteiger charge is -2.16. The van der Waals surface area contributed by atoms with Crippen LogP contribution < -0.4 is 11.3 Å². The summed E-state index contributed by atoms with van der Waals surface area (Å²) in [5, 5.41) is 0. The second-order valence-electron chi connectivity index (χ2n) is 6.06. The maximum atomic E-state index is 12.1. The third-order valence-corrected chi connectivity index (χ3v) is 4.20. The molecule has 3 nitrogen and oxygen atoms in total. The maximum absolute atomic E-state index is 12.1. The molecule has 0 radical (unpaired) electrons. The largest absolute Gasteiger partial charge is 0.290 e. The van der Waals surface area contributed by atoms with Crippen molar-refractivity contribution in [1.82, 2.24) is 5.43 Å². The SMILES string of the molecule is CCCCc1cc(CCCC)c(C(=O)NN)cc1CCCC. The summed E-state index contributed by atoms with van der Waals surface area (Å²) in [6, 6.07) is 4.36. The van der Waals surface area contributed by atoms with E-state index in [4.69, 9.17) is 5.84 Å². The zero-order chi connectivity index (χ0) is 16.4. The van der Waals surface area contributed by atoms with Crippen molar-refractivity contribution < 1.29 is 4.79 Å². The Bertz CT molecular complexity index is 469. The Hall–Kier alpha value is -1.35. The summed E-state index contributed by atoms with van der Waals surface area (Å²) >= 11 is 0. The number of amides is 1. The van der Waals surface area contributed by atoms with Crippen molar-refractivity contribution in [2.24, 2.45) is 5.84 Å². The molecule has 0 saturated carbocycles.